The van der Waals surface area contributed by atoms with Crippen LogP contribution in [-0.2, 0) is 4.79 Å². The molecule has 0 spiro atoms. The van der Waals surface area contributed by atoms with E-state index in [1.165, 1.54) is 19.1 Å². The minimum absolute atomic E-state index is 0.258. The third-order valence-corrected chi connectivity index (χ3v) is 4.24. The number of para-hydroxylation sites is 1. The van der Waals surface area contributed by atoms with Gasteiger partial charge in [0.15, 0.2) is 0 Å². The van der Waals surface area contributed by atoms with Crippen LogP contribution >= 0.6 is 0 Å². The van der Waals surface area contributed by atoms with Crippen molar-refractivity contribution in [3.05, 3.63) is 84.2 Å². The maximum Gasteiger partial charge on any atom is 0.417 e. The van der Waals surface area contributed by atoms with Gasteiger partial charge in [0.25, 0.3) is 0 Å². The number of nitrogens with one attached hydrogen (secondary N) is 1. The van der Waals surface area contributed by atoms with Crippen molar-refractivity contribution in [2.75, 3.05) is 5.32 Å². The molecule has 0 radical (unpaired) electrons. The van der Waals surface area contributed by atoms with E-state index in [1.807, 2.05) is 6.07 Å². The highest BCUT2D eigenvalue weighted by molar-refractivity contribution is 5.86. The zero-order valence-corrected chi connectivity index (χ0v) is 15.1. The molecule has 0 bridgehead atoms. The summed E-state index contributed by atoms with van der Waals surface area (Å²) in [7, 11) is 0. The van der Waals surface area contributed by atoms with E-state index in [1.54, 1.807) is 54.6 Å². The quantitative estimate of drug-likeness (QED) is 0.631. The maximum atomic E-state index is 14.5. The van der Waals surface area contributed by atoms with Crippen molar-refractivity contribution in [3.8, 4) is 16.9 Å². The minimum Gasteiger partial charge on any atom is -0.481 e. The number of aliphatic carboxylic acids is 1. The number of hydrogen-bond acceptors (Lipinski definition) is 3. The van der Waals surface area contributed by atoms with Gasteiger partial charge < -0.3 is 9.84 Å². The number of hydrogen-bond donors (Lipinski definition) is 2. The van der Waals surface area contributed by atoms with E-state index in [0.29, 0.717) is 16.8 Å². The Hall–Kier alpha value is -3.67. The third-order valence-electron chi connectivity index (χ3n) is 4.24. The second-order valence-electron chi connectivity index (χ2n) is 6.21. The van der Waals surface area contributed by atoms with E-state index in [0.717, 1.165) is 0 Å². The van der Waals surface area contributed by atoms with Crippen molar-refractivity contribution >= 4 is 17.7 Å². The van der Waals surface area contributed by atoms with Crippen LogP contribution in [-0.4, -0.2) is 17.2 Å². The topological polar surface area (TPSA) is 75.6 Å². The molecular formula is C22H18FNO4. The van der Waals surface area contributed by atoms with Crippen molar-refractivity contribution < 1.29 is 23.8 Å². The Kier molecular flexibility index (Phi) is 5.69. The predicted molar refractivity (Wildman–Crippen MR) is 104 cm³/mol. The van der Waals surface area contributed by atoms with Gasteiger partial charge in [-0.3, -0.25) is 10.1 Å². The molecule has 0 heterocycles. The van der Waals surface area contributed by atoms with E-state index < -0.39 is 23.8 Å². The number of carbonyl (C=O) groups excluding carboxylic acids is 1. The Morgan fingerprint density at radius 1 is 1.00 bits per heavy atom. The molecular weight excluding hydrogens is 361 g/mol. The molecule has 1 amide bonds. The highest BCUT2D eigenvalue weighted by atomic mass is 19.1. The molecule has 3 rings (SSSR count). The van der Waals surface area contributed by atoms with E-state index in [9.17, 15) is 14.0 Å². The van der Waals surface area contributed by atoms with Crippen molar-refractivity contribution in [1.82, 2.24) is 0 Å². The number of rotatable bonds is 5. The Labute approximate surface area is 161 Å². The number of carboxylic acid groups (broad SMARTS) is 1. The lowest BCUT2D eigenvalue weighted by Crippen LogP contribution is -2.16. The number of halogens is 1. The summed E-state index contributed by atoms with van der Waals surface area (Å²) in [6.07, 6.45) is -0.658. The van der Waals surface area contributed by atoms with Crippen LogP contribution in [0.15, 0.2) is 72.8 Å². The standard InChI is InChI=1S/C22H18FNO4/c1-14(21(25)26)15-10-11-19(20(23)13-15)16-6-5-9-18(12-16)28-22(27)24-17-7-3-2-4-8-17/h2-14H,1H3,(H,24,27)(H,25,26). The van der Waals surface area contributed by atoms with Crippen LogP contribution in [0.1, 0.15) is 18.4 Å². The van der Waals surface area contributed by atoms with Crippen LogP contribution in [0.2, 0.25) is 0 Å². The molecule has 0 aliphatic carbocycles. The molecule has 3 aromatic rings. The van der Waals surface area contributed by atoms with Gasteiger partial charge in [-0.05, 0) is 48.4 Å². The van der Waals surface area contributed by atoms with Crippen LogP contribution in [0.3, 0.4) is 0 Å². The van der Waals surface area contributed by atoms with Crippen molar-refractivity contribution in [2.45, 2.75) is 12.8 Å². The van der Waals surface area contributed by atoms with Gasteiger partial charge in [0, 0.05) is 11.3 Å². The summed E-state index contributed by atoms with van der Waals surface area (Å²) < 4.78 is 19.8. The van der Waals surface area contributed by atoms with E-state index in [-0.39, 0.29) is 11.3 Å². The summed E-state index contributed by atoms with van der Waals surface area (Å²) in [4.78, 5) is 23.1. The zero-order valence-electron chi connectivity index (χ0n) is 15.1. The molecule has 0 fully saturated rings. The molecule has 0 saturated heterocycles. The summed E-state index contributed by atoms with van der Waals surface area (Å²) in [6, 6.07) is 19.6. The van der Waals surface area contributed by atoms with Crippen LogP contribution in [0, 0.1) is 5.82 Å². The van der Waals surface area contributed by atoms with Gasteiger partial charge in [-0.15, -0.1) is 0 Å². The second kappa shape index (κ2) is 8.35. The summed E-state index contributed by atoms with van der Waals surface area (Å²) >= 11 is 0. The molecule has 0 aromatic heterocycles. The first-order chi connectivity index (χ1) is 13.4. The fourth-order valence-corrected chi connectivity index (χ4v) is 2.68. The summed E-state index contributed by atoms with van der Waals surface area (Å²) in [5.41, 5.74) is 1.77. The highest BCUT2D eigenvalue weighted by Crippen LogP contribution is 2.29. The van der Waals surface area contributed by atoms with Gasteiger partial charge in [0.2, 0.25) is 0 Å². The number of carboxylic acids is 1. The summed E-state index contributed by atoms with van der Waals surface area (Å²) in [5.74, 6) is -2.11. The summed E-state index contributed by atoms with van der Waals surface area (Å²) in [5, 5.41) is 11.7. The smallest absolute Gasteiger partial charge is 0.417 e. The molecule has 5 nitrogen and oxygen atoms in total. The van der Waals surface area contributed by atoms with Crippen LogP contribution in [0.25, 0.3) is 11.1 Å². The van der Waals surface area contributed by atoms with E-state index >= 15 is 0 Å². The first kappa shape index (κ1) is 19.1. The Bertz CT molecular complexity index is 1000. The largest absolute Gasteiger partial charge is 0.481 e. The molecule has 1 unspecified atom stereocenters. The molecule has 142 valence electrons. The lowest BCUT2D eigenvalue weighted by atomic mass is 9.97. The number of benzene rings is 3. The lowest BCUT2D eigenvalue weighted by molar-refractivity contribution is -0.138. The number of ether oxygens (including phenoxy) is 1. The van der Waals surface area contributed by atoms with Gasteiger partial charge in [0.05, 0.1) is 5.92 Å². The lowest BCUT2D eigenvalue weighted by Gasteiger charge is -2.11. The van der Waals surface area contributed by atoms with Gasteiger partial charge in [0.1, 0.15) is 11.6 Å². The first-order valence-corrected chi connectivity index (χ1v) is 8.60. The predicted octanol–water partition coefficient (Wildman–Crippen LogP) is 5.29. The molecule has 0 aliphatic heterocycles. The van der Waals surface area contributed by atoms with Gasteiger partial charge in [-0.25, -0.2) is 9.18 Å². The van der Waals surface area contributed by atoms with E-state index in [2.05, 4.69) is 5.32 Å². The summed E-state index contributed by atoms with van der Waals surface area (Å²) in [6.45, 7) is 1.50. The first-order valence-electron chi connectivity index (χ1n) is 8.60. The second-order valence-corrected chi connectivity index (χ2v) is 6.21. The van der Waals surface area contributed by atoms with Gasteiger partial charge >= 0.3 is 12.1 Å². The van der Waals surface area contributed by atoms with E-state index in [4.69, 9.17) is 9.84 Å². The van der Waals surface area contributed by atoms with Crippen molar-refractivity contribution in [2.24, 2.45) is 0 Å². The fraction of sp³-hybridized carbons (Fsp3) is 0.0909. The fourth-order valence-electron chi connectivity index (χ4n) is 2.68. The zero-order chi connectivity index (χ0) is 20.1. The number of anilines is 1. The molecule has 0 saturated carbocycles. The Balaban J connectivity index is 1.77. The van der Waals surface area contributed by atoms with Crippen LogP contribution < -0.4 is 10.1 Å². The minimum atomic E-state index is -1.02. The van der Waals surface area contributed by atoms with Gasteiger partial charge in [-0.2, -0.15) is 0 Å². The van der Waals surface area contributed by atoms with Crippen LogP contribution in [0.5, 0.6) is 5.75 Å². The average Bonchev–Trinajstić information content (AvgIpc) is 2.68. The normalized spacial score (nSPS) is 11.5. The van der Waals surface area contributed by atoms with Crippen LogP contribution in [0.4, 0.5) is 14.9 Å². The molecule has 28 heavy (non-hydrogen) atoms. The Morgan fingerprint density at radius 3 is 2.43 bits per heavy atom. The van der Waals surface area contributed by atoms with Gasteiger partial charge in [-0.1, -0.05) is 42.5 Å². The Morgan fingerprint density at radius 2 is 1.75 bits per heavy atom. The maximum absolute atomic E-state index is 14.5. The molecule has 6 heteroatoms. The average molecular weight is 379 g/mol. The molecule has 0 aliphatic rings. The number of amides is 1. The van der Waals surface area contributed by atoms with Crippen molar-refractivity contribution in [3.63, 3.8) is 0 Å². The monoisotopic (exact) mass is 379 g/mol. The van der Waals surface area contributed by atoms with Crippen molar-refractivity contribution in [1.29, 1.82) is 0 Å². The molecule has 3 aromatic carbocycles. The SMILES string of the molecule is CC(C(=O)O)c1ccc(-c2cccc(OC(=O)Nc3ccccc3)c2)c(F)c1. The third kappa shape index (κ3) is 4.54. The molecule has 1 atom stereocenters. The highest BCUT2D eigenvalue weighted by Gasteiger charge is 2.16. The molecule has 2 N–H and O–H groups in total. The number of carbonyl (C=O) groups is 2.